The topological polar surface area (TPSA) is 85.1 Å². The third kappa shape index (κ3) is 8.40. The monoisotopic (exact) mass is 1210 g/mol. The maximum Gasteiger partial charge on any atom is 0.261 e. The summed E-state index contributed by atoms with van der Waals surface area (Å²) in [4.78, 5) is 36.4. The predicted molar refractivity (Wildman–Crippen MR) is 383 cm³/mol. The number of aromatic nitrogens is 4. The molecule has 10 heteroatoms. The molecule has 92 heavy (non-hydrogen) atoms. The van der Waals surface area contributed by atoms with Gasteiger partial charge in [-0.25, -0.2) is 29.9 Å². The van der Waals surface area contributed by atoms with Crippen LogP contribution in [0.15, 0.2) is 323 Å². The zero-order chi connectivity index (χ0) is 61.8. The molecule has 17 rings (SSSR count). The molecule has 2 spiro atoms. The Balaban J connectivity index is 0.951. The van der Waals surface area contributed by atoms with E-state index in [9.17, 15) is 0 Å². The van der Waals surface area contributed by atoms with Crippen molar-refractivity contribution in [2.24, 2.45) is 20.0 Å². The van der Waals surface area contributed by atoms with Crippen LogP contribution in [-0.4, -0.2) is 58.1 Å². The highest BCUT2D eigenvalue weighted by Gasteiger charge is 2.52. The van der Waals surface area contributed by atoms with E-state index in [1.807, 2.05) is 0 Å². The lowest BCUT2D eigenvalue weighted by molar-refractivity contribution is 0.410. The highest BCUT2D eigenvalue weighted by molar-refractivity contribution is 7.02. The average Bonchev–Trinajstić information content (AvgIpc) is 1.49. The van der Waals surface area contributed by atoms with Gasteiger partial charge >= 0.3 is 0 Å². The van der Waals surface area contributed by atoms with Crippen molar-refractivity contribution in [1.29, 1.82) is 0 Å². The van der Waals surface area contributed by atoms with E-state index in [2.05, 4.69) is 339 Å². The second-order valence-corrected chi connectivity index (χ2v) is 33.9. The van der Waals surface area contributed by atoms with Crippen molar-refractivity contribution in [2.75, 3.05) is 0 Å². The molecule has 13 aromatic rings. The maximum absolute atomic E-state index is 6.11. The van der Waals surface area contributed by atoms with E-state index in [4.69, 9.17) is 29.9 Å². The van der Waals surface area contributed by atoms with Crippen LogP contribution in [0.4, 0.5) is 0 Å². The first-order chi connectivity index (χ1) is 45.1. The molecule has 4 aliphatic heterocycles. The van der Waals surface area contributed by atoms with Crippen LogP contribution >= 0.6 is 0 Å². The smallest absolute Gasteiger partial charge is 0.261 e. The Morgan fingerprint density at radius 2 is 0.500 bits per heavy atom. The zero-order valence-corrected chi connectivity index (χ0v) is 53.4. The van der Waals surface area contributed by atoms with Crippen molar-refractivity contribution in [3.63, 3.8) is 0 Å². The number of hydrogen-bond acceptors (Lipinski definition) is 6. The molecule has 4 aliphatic rings. The Kier molecular flexibility index (Phi) is 12.7. The SMILES string of the molecule is C[Si]1(C)c2ccccc2-c2nc(-c3ccc(-c4nc5n(c4-c4ccccc4)C4(N=C(c6ccccc6)C(c6ccccc6)=N4)c4ccccc4[Si](C)(C)c4ccccc4-5)cc3)c(-c3ccccc3)n2C2(N=C(c3ccccc3)C(c3ccccc3)=N2)c2ccccc21. The van der Waals surface area contributed by atoms with Crippen molar-refractivity contribution in [3.8, 4) is 67.8 Å². The van der Waals surface area contributed by atoms with Crippen molar-refractivity contribution in [1.82, 2.24) is 19.1 Å². The number of rotatable bonds is 8. The summed E-state index contributed by atoms with van der Waals surface area (Å²) in [6, 6.07) is 108. The molecule has 0 aliphatic carbocycles. The fraction of sp³-hybridized carbons (Fsp3) is 0.0732. The van der Waals surface area contributed by atoms with Gasteiger partial charge in [0.25, 0.3) is 11.6 Å². The molecule has 0 N–H and O–H groups in total. The number of benzene rings is 11. The molecule has 0 unspecified atom stereocenters. The fourth-order valence-electron chi connectivity index (χ4n) is 14.9. The van der Waals surface area contributed by atoms with E-state index in [1.165, 1.54) is 20.7 Å². The van der Waals surface area contributed by atoms with Crippen LogP contribution in [0.5, 0.6) is 0 Å². The van der Waals surface area contributed by atoms with Gasteiger partial charge in [0.1, 0.15) is 27.8 Å². The van der Waals surface area contributed by atoms with E-state index in [-0.39, 0.29) is 0 Å². The van der Waals surface area contributed by atoms with E-state index in [1.54, 1.807) is 0 Å². The quantitative estimate of drug-likeness (QED) is 0.142. The van der Waals surface area contributed by atoms with Gasteiger partial charge in [-0.2, -0.15) is 0 Å². The van der Waals surface area contributed by atoms with Gasteiger partial charge in [-0.15, -0.1) is 0 Å². The van der Waals surface area contributed by atoms with Gasteiger partial charge in [0.05, 0.1) is 45.6 Å². The van der Waals surface area contributed by atoms with Crippen LogP contribution in [0, 0.1) is 0 Å². The molecule has 8 nitrogen and oxygen atoms in total. The molecule has 0 fully saturated rings. The second-order valence-electron chi connectivity index (χ2n) is 25.3. The van der Waals surface area contributed by atoms with Gasteiger partial charge in [-0.1, -0.05) is 330 Å². The van der Waals surface area contributed by atoms with E-state index >= 15 is 0 Å². The van der Waals surface area contributed by atoms with Crippen LogP contribution < -0.4 is 20.7 Å². The molecular weight excluding hydrogens is 1150 g/mol. The summed E-state index contributed by atoms with van der Waals surface area (Å²) < 4.78 is 4.76. The lowest BCUT2D eigenvalue weighted by Gasteiger charge is -2.38. The van der Waals surface area contributed by atoms with Crippen molar-refractivity contribution >= 4 is 59.7 Å². The summed E-state index contributed by atoms with van der Waals surface area (Å²) in [5, 5.41) is 5.14. The summed E-state index contributed by atoms with van der Waals surface area (Å²) in [5.74, 6) is -1.05. The van der Waals surface area contributed by atoms with E-state index in [0.717, 1.165) is 124 Å². The van der Waals surface area contributed by atoms with Gasteiger partial charge < -0.3 is 0 Å². The van der Waals surface area contributed by atoms with Crippen LogP contribution in [0.25, 0.3) is 67.8 Å². The molecule has 0 saturated carbocycles. The lowest BCUT2D eigenvalue weighted by Crippen LogP contribution is -2.58. The van der Waals surface area contributed by atoms with Gasteiger partial charge in [-0.3, -0.25) is 9.13 Å². The molecule has 0 radical (unpaired) electrons. The zero-order valence-electron chi connectivity index (χ0n) is 51.4. The molecule has 0 saturated heterocycles. The Labute approximate surface area is 537 Å². The van der Waals surface area contributed by atoms with Crippen molar-refractivity contribution in [3.05, 3.63) is 337 Å². The lowest BCUT2D eigenvalue weighted by atomic mass is 9.99. The summed E-state index contributed by atoms with van der Waals surface area (Å²) in [7, 11) is -5.11. The molecule has 438 valence electrons. The first-order valence-corrected chi connectivity index (χ1v) is 37.6. The summed E-state index contributed by atoms with van der Waals surface area (Å²) >= 11 is 0. The summed E-state index contributed by atoms with van der Waals surface area (Å²) in [6.07, 6.45) is 0. The van der Waals surface area contributed by atoms with Crippen molar-refractivity contribution in [2.45, 2.75) is 37.8 Å². The largest absolute Gasteiger partial charge is 0.275 e. The predicted octanol–water partition coefficient (Wildman–Crippen LogP) is 15.7. The van der Waals surface area contributed by atoms with E-state index < -0.39 is 27.7 Å². The maximum atomic E-state index is 6.11. The number of aliphatic imine (C=N–C) groups is 4. The van der Waals surface area contributed by atoms with Crippen LogP contribution in [-0.2, 0) is 11.6 Å². The van der Waals surface area contributed by atoms with Gasteiger partial charge in [0.2, 0.25) is 0 Å². The molecule has 0 bridgehead atoms. The molecule has 11 aromatic carbocycles. The van der Waals surface area contributed by atoms with Crippen LogP contribution in [0.2, 0.25) is 26.2 Å². The summed E-state index contributed by atoms with van der Waals surface area (Å²) in [5.41, 5.74) is 18.8. The minimum Gasteiger partial charge on any atom is -0.275 e. The van der Waals surface area contributed by atoms with Crippen LogP contribution in [0.3, 0.4) is 0 Å². The average molecular weight is 1220 g/mol. The molecular formula is C82H62N8Si2. The third-order valence-electron chi connectivity index (χ3n) is 19.2. The standard InChI is InChI=1S/C82H62N8Si2/c1-91(2)67-47-27-23-43-63(67)79-83-75(77(61-39-19-9-20-40-61)89(79)81(65-45-25-29-49-69(65)91)85-71(55-31-11-5-12-32-55)72(86-81)56-33-13-6-14-34-56)59-51-53-60(54-52-59)76-78(62-41-21-10-22-42-62)90-80(84-76)64-44-24-28-48-68(64)92(3,4)70-50-30-26-46-66(70)82(90)87-73(57-35-15-7-16-36-57)74(88-82)58-37-17-8-18-38-58/h5-54H,1-4H3. The first kappa shape index (κ1) is 55.1. The number of fused-ring (bicyclic) bond motifs is 12. The molecule has 2 aromatic heterocycles. The molecule has 6 heterocycles. The van der Waals surface area contributed by atoms with Gasteiger partial charge in [-0.05, 0) is 20.7 Å². The fourth-order valence-corrected chi connectivity index (χ4v) is 21.1. The van der Waals surface area contributed by atoms with Crippen molar-refractivity contribution < 1.29 is 0 Å². The highest BCUT2D eigenvalue weighted by Crippen LogP contribution is 2.50. The Morgan fingerprint density at radius 1 is 0.250 bits per heavy atom. The van der Waals surface area contributed by atoms with Gasteiger partial charge in [0.15, 0.2) is 0 Å². The van der Waals surface area contributed by atoms with Crippen LogP contribution in [0.1, 0.15) is 33.4 Å². The van der Waals surface area contributed by atoms with E-state index in [0.29, 0.717) is 0 Å². The third-order valence-corrected chi connectivity index (χ3v) is 26.3. The van der Waals surface area contributed by atoms with Gasteiger partial charge in [0, 0.05) is 66.8 Å². The Morgan fingerprint density at radius 3 is 0.804 bits per heavy atom. The second kappa shape index (κ2) is 21.3. The Hall–Kier alpha value is -11.0. The number of nitrogens with zero attached hydrogens (tertiary/aromatic N) is 8. The minimum atomic E-state index is -2.55. The Bertz CT molecular complexity index is 4750. The number of imidazole rings is 2. The molecule has 0 amide bonds. The first-order valence-electron chi connectivity index (χ1n) is 31.6. The number of hydrogen-bond donors (Lipinski definition) is 0. The normalized spacial score (nSPS) is 15.8. The highest BCUT2D eigenvalue weighted by atomic mass is 28.3. The molecule has 0 atom stereocenters. The summed E-state index contributed by atoms with van der Waals surface area (Å²) in [6.45, 7) is 9.86. The minimum absolute atomic E-state index is 0.807.